The Morgan fingerprint density at radius 2 is 2.35 bits per heavy atom. The fraction of sp³-hybridized carbons (Fsp3) is 0.714. The van der Waals surface area contributed by atoms with Crippen LogP contribution >= 0.6 is 0 Å². The van der Waals surface area contributed by atoms with Crippen molar-refractivity contribution in [1.82, 2.24) is 20.4 Å². The first-order chi connectivity index (χ1) is 9.76. The molecule has 110 valence electrons. The van der Waals surface area contributed by atoms with Gasteiger partial charge in [-0.2, -0.15) is 5.10 Å². The lowest BCUT2D eigenvalue weighted by atomic mass is 10.2. The minimum atomic E-state index is -0.154. The standard InChI is InChI=1S/C14H23N5O/c1-2-19-7-3-4-11(19)9-15-14(20)16-13-8-12(17-18-13)10-5-6-10/h8,10-11H,2-7,9H2,1H3,(H3,15,16,17,18,20). The van der Waals surface area contributed by atoms with Crippen LogP contribution in [-0.2, 0) is 0 Å². The van der Waals surface area contributed by atoms with Gasteiger partial charge in [-0.3, -0.25) is 15.3 Å². The first kappa shape index (κ1) is 13.4. The van der Waals surface area contributed by atoms with Crippen LogP contribution in [0.4, 0.5) is 10.6 Å². The van der Waals surface area contributed by atoms with Crippen molar-refractivity contribution in [2.45, 2.75) is 44.6 Å². The van der Waals surface area contributed by atoms with Crippen LogP contribution in [0.2, 0.25) is 0 Å². The van der Waals surface area contributed by atoms with Gasteiger partial charge < -0.3 is 5.32 Å². The van der Waals surface area contributed by atoms with Crippen molar-refractivity contribution in [3.8, 4) is 0 Å². The number of urea groups is 1. The van der Waals surface area contributed by atoms with E-state index < -0.39 is 0 Å². The highest BCUT2D eigenvalue weighted by Crippen LogP contribution is 2.39. The molecule has 0 bridgehead atoms. The van der Waals surface area contributed by atoms with Crippen molar-refractivity contribution in [2.75, 3.05) is 25.0 Å². The lowest BCUT2D eigenvalue weighted by Crippen LogP contribution is -2.41. The number of hydrogen-bond donors (Lipinski definition) is 3. The molecule has 2 heterocycles. The Morgan fingerprint density at radius 3 is 3.10 bits per heavy atom. The van der Waals surface area contributed by atoms with Gasteiger partial charge in [-0.15, -0.1) is 0 Å². The number of nitrogens with zero attached hydrogens (tertiary/aromatic N) is 2. The lowest BCUT2D eigenvalue weighted by molar-refractivity contribution is 0.238. The molecule has 20 heavy (non-hydrogen) atoms. The van der Waals surface area contributed by atoms with Crippen LogP contribution in [0, 0.1) is 0 Å². The van der Waals surface area contributed by atoms with Crippen LogP contribution in [0.5, 0.6) is 0 Å². The number of anilines is 1. The molecule has 2 aliphatic rings. The van der Waals surface area contributed by atoms with Gasteiger partial charge >= 0.3 is 6.03 Å². The minimum absolute atomic E-state index is 0.154. The zero-order valence-corrected chi connectivity index (χ0v) is 12.0. The highest BCUT2D eigenvalue weighted by molar-refractivity contribution is 5.88. The molecule has 2 amide bonds. The summed E-state index contributed by atoms with van der Waals surface area (Å²) in [6.45, 7) is 5.08. The van der Waals surface area contributed by atoms with E-state index in [4.69, 9.17) is 0 Å². The van der Waals surface area contributed by atoms with E-state index in [1.807, 2.05) is 6.07 Å². The van der Waals surface area contributed by atoms with Gasteiger partial charge in [0.2, 0.25) is 0 Å². The van der Waals surface area contributed by atoms with Gasteiger partial charge in [-0.25, -0.2) is 4.79 Å². The average Bonchev–Trinajstić information content (AvgIpc) is 3.02. The predicted molar refractivity (Wildman–Crippen MR) is 77.9 cm³/mol. The molecule has 3 rings (SSSR count). The number of carbonyl (C=O) groups is 1. The maximum atomic E-state index is 11.9. The second kappa shape index (κ2) is 5.83. The predicted octanol–water partition coefficient (Wildman–Crippen LogP) is 1.89. The van der Waals surface area contributed by atoms with Gasteiger partial charge in [0.15, 0.2) is 0 Å². The molecule has 2 fully saturated rings. The van der Waals surface area contributed by atoms with Crippen LogP contribution in [0.3, 0.4) is 0 Å². The molecule has 1 aliphatic carbocycles. The third-order valence-electron chi connectivity index (χ3n) is 4.24. The zero-order valence-electron chi connectivity index (χ0n) is 12.0. The molecular weight excluding hydrogens is 254 g/mol. The Hall–Kier alpha value is -1.56. The molecule has 1 saturated carbocycles. The first-order valence-electron chi connectivity index (χ1n) is 7.60. The summed E-state index contributed by atoms with van der Waals surface area (Å²) in [6.07, 6.45) is 4.83. The SMILES string of the molecule is CCN1CCCC1CNC(=O)Nc1cc(C2CC2)n[nH]1. The number of amides is 2. The van der Waals surface area contributed by atoms with Crippen LogP contribution < -0.4 is 10.6 Å². The maximum absolute atomic E-state index is 11.9. The maximum Gasteiger partial charge on any atom is 0.320 e. The Morgan fingerprint density at radius 1 is 1.50 bits per heavy atom. The number of likely N-dealkylation sites (N-methyl/N-ethyl adjacent to an activating group) is 1. The van der Waals surface area contributed by atoms with Crippen LogP contribution in [-0.4, -0.2) is 46.8 Å². The van der Waals surface area contributed by atoms with Crippen molar-refractivity contribution < 1.29 is 4.79 Å². The number of rotatable bonds is 5. The van der Waals surface area contributed by atoms with E-state index in [1.54, 1.807) is 0 Å². The van der Waals surface area contributed by atoms with Gasteiger partial charge in [0.05, 0.1) is 5.69 Å². The van der Waals surface area contributed by atoms with Crippen molar-refractivity contribution >= 4 is 11.8 Å². The van der Waals surface area contributed by atoms with E-state index in [0.717, 1.165) is 18.8 Å². The van der Waals surface area contributed by atoms with Crippen LogP contribution in [0.1, 0.15) is 44.2 Å². The molecule has 1 aliphatic heterocycles. The number of hydrogen-bond acceptors (Lipinski definition) is 3. The topological polar surface area (TPSA) is 73.1 Å². The summed E-state index contributed by atoms with van der Waals surface area (Å²) >= 11 is 0. The van der Waals surface area contributed by atoms with Crippen molar-refractivity contribution in [2.24, 2.45) is 0 Å². The molecule has 0 aromatic carbocycles. The van der Waals surface area contributed by atoms with Crippen molar-refractivity contribution in [3.63, 3.8) is 0 Å². The fourth-order valence-corrected chi connectivity index (χ4v) is 2.91. The highest BCUT2D eigenvalue weighted by Gasteiger charge is 2.26. The molecule has 1 aromatic rings. The fourth-order valence-electron chi connectivity index (χ4n) is 2.91. The number of likely N-dealkylation sites (tertiary alicyclic amines) is 1. The third-order valence-corrected chi connectivity index (χ3v) is 4.24. The summed E-state index contributed by atoms with van der Waals surface area (Å²) in [6, 6.07) is 2.26. The zero-order chi connectivity index (χ0) is 13.9. The summed E-state index contributed by atoms with van der Waals surface area (Å²) < 4.78 is 0. The summed E-state index contributed by atoms with van der Waals surface area (Å²) in [7, 11) is 0. The quantitative estimate of drug-likeness (QED) is 0.769. The van der Waals surface area contributed by atoms with Crippen molar-refractivity contribution in [3.05, 3.63) is 11.8 Å². The average molecular weight is 277 g/mol. The third kappa shape index (κ3) is 3.12. The number of aromatic nitrogens is 2. The van der Waals surface area contributed by atoms with Gasteiger partial charge in [0.25, 0.3) is 0 Å². The highest BCUT2D eigenvalue weighted by atomic mass is 16.2. The van der Waals surface area contributed by atoms with Crippen molar-refractivity contribution in [1.29, 1.82) is 0 Å². The summed E-state index contributed by atoms with van der Waals surface area (Å²) in [5.74, 6) is 1.28. The monoisotopic (exact) mass is 277 g/mol. The minimum Gasteiger partial charge on any atom is -0.336 e. The van der Waals surface area contributed by atoms with Crippen LogP contribution in [0.15, 0.2) is 6.07 Å². The lowest BCUT2D eigenvalue weighted by Gasteiger charge is -2.22. The van der Waals surface area contributed by atoms with Gasteiger partial charge in [0.1, 0.15) is 5.82 Å². The second-order valence-corrected chi connectivity index (χ2v) is 5.74. The van der Waals surface area contributed by atoms with Gasteiger partial charge in [-0.05, 0) is 38.8 Å². The largest absolute Gasteiger partial charge is 0.336 e. The molecule has 1 aromatic heterocycles. The van der Waals surface area contributed by atoms with E-state index in [0.29, 0.717) is 24.3 Å². The Bertz CT molecular complexity index is 468. The molecule has 0 spiro atoms. The molecule has 1 unspecified atom stereocenters. The molecule has 1 saturated heterocycles. The summed E-state index contributed by atoms with van der Waals surface area (Å²) in [5.41, 5.74) is 1.06. The second-order valence-electron chi connectivity index (χ2n) is 5.74. The number of H-pyrrole nitrogens is 1. The smallest absolute Gasteiger partial charge is 0.320 e. The number of carbonyl (C=O) groups excluding carboxylic acids is 1. The Labute approximate surface area is 119 Å². The van der Waals surface area contributed by atoms with E-state index >= 15 is 0 Å². The van der Waals surface area contributed by atoms with E-state index in [-0.39, 0.29) is 6.03 Å². The molecule has 3 N–H and O–H groups in total. The Balaban J connectivity index is 1.44. The van der Waals surface area contributed by atoms with Crippen LogP contribution in [0.25, 0.3) is 0 Å². The molecule has 6 nitrogen and oxygen atoms in total. The number of aromatic amines is 1. The molecular formula is C14H23N5O. The van der Waals surface area contributed by atoms with Gasteiger partial charge in [0, 0.05) is 24.6 Å². The first-order valence-corrected chi connectivity index (χ1v) is 7.60. The van der Waals surface area contributed by atoms with E-state index in [9.17, 15) is 4.79 Å². The number of nitrogens with one attached hydrogen (secondary N) is 3. The van der Waals surface area contributed by atoms with E-state index in [2.05, 4.69) is 32.7 Å². The molecule has 1 atom stereocenters. The molecule has 0 radical (unpaired) electrons. The molecule has 6 heteroatoms. The van der Waals surface area contributed by atoms with E-state index in [1.165, 1.54) is 25.7 Å². The van der Waals surface area contributed by atoms with Gasteiger partial charge in [-0.1, -0.05) is 6.92 Å². The normalized spacial score (nSPS) is 22.9. The summed E-state index contributed by atoms with van der Waals surface area (Å²) in [4.78, 5) is 14.3. The summed E-state index contributed by atoms with van der Waals surface area (Å²) in [5, 5.41) is 12.9. The Kier molecular flexibility index (Phi) is 3.91.